The maximum absolute atomic E-state index is 13.1. The van der Waals surface area contributed by atoms with E-state index in [-0.39, 0.29) is 10.9 Å². The number of rotatable bonds is 4. The van der Waals surface area contributed by atoms with Crippen LogP contribution in [0.2, 0.25) is 0 Å². The number of carbonyl (C=O) groups is 1. The van der Waals surface area contributed by atoms with Gasteiger partial charge in [0.05, 0.1) is 7.11 Å². The van der Waals surface area contributed by atoms with Crippen molar-refractivity contribution in [2.75, 3.05) is 12.4 Å². The van der Waals surface area contributed by atoms with Crippen molar-refractivity contribution in [1.82, 2.24) is 5.32 Å². The van der Waals surface area contributed by atoms with Gasteiger partial charge in [-0.2, -0.15) is 0 Å². The molecule has 0 spiro atoms. The number of thiocarbonyl (C=S) groups is 1. The van der Waals surface area contributed by atoms with E-state index in [4.69, 9.17) is 17.0 Å². The van der Waals surface area contributed by atoms with Gasteiger partial charge in [0.2, 0.25) is 5.91 Å². The first-order chi connectivity index (χ1) is 11.1. The summed E-state index contributed by atoms with van der Waals surface area (Å²) in [6.07, 6.45) is 2.97. The van der Waals surface area contributed by atoms with E-state index in [1.807, 2.05) is 18.2 Å². The SMILES string of the molecule is COc1ccccc1/C=C/C(=O)NC(=S)Nc1cccc(F)c1. The lowest BCUT2D eigenvalue weighted by Gasteiger charge is -2.08. The highest BCUT2D eigenvalue weighted by Crippen LogP contribution is 2.18. The molecular formula is C17H15FN2O2S. The number of methoxy groups -OCH3 is 1. The molecule has 2 aromatic carbocycles. The zero-order valence-corrected chi connectivity index (χ0v) is 13.2. The van der Waals surface area contributed by atoms with Crippen molar-refractivity contribution in [2.45, 2.75) is 0 Å². The minimum absolute atomic E-state index is 0.0882. The highest BCUT2D eigenvalue weighted by molar-refractivity contribution is 7.80. The molecule has 0 radical (unpaired) electrons. The summed E-state index contributed by atoms with van der Waals surface area (Å²) in [6.45, 7) is 0. The van der Waals surface area contributed by atoms with Crippen LogP contribution in [0.15, 0.2) is 54.6 Å². The molecule has 2 aromatic rings. The smallest absolute Gasteiger partial charge is 0.250 e. The molecule has 0 aliphatic carbocycles. The van der Waals surface area contributed by atoms with E-state index in [0.29, 0.717) is 11.4 Å². The van der Waals surface area contributed by atoms with Gasteiger partial charge in [0.15, 0.2) is 5.11 Å². The summed E-state index contributed by atoms with van der Waals surface area (Å²) in [5, 5.41) is 5.31. The van der Waals surface area contributed by atoms with Crippen molar-refractivity contribution < 1.29 is 13.9 Å². The van der Waals surface area contributed by atoms with E-state index in [1.165, 1.54) is 18.2 Å². The topological polar surface area (TPSA) is 50.4 Å². The summed E-state index contributed by atoms with van der Waals surface area (Å²) in [4.78, 5) is 11.8. The van der Waals surface area contributed by atoms with Gasteiger partial charge in [-0.15, -0.1) is 0 Å². The molecule has 0 aliphatic heterocycles. The number of benzene rings is 2. The number of hydrogen-bond acceptors (Lipinski definition) is 3. The van der Waals surface area contributed by atoms with Gasteiger partial charge >= 0.3 is 0 Å². The molecule has 0 saturated carbocycles. The van der Waals surface area contributed by atoms with Gasteiger partial charge in [0.1, 0.15) is 11.6 Å². The van der Waals surface area contributed by atoms with Crippen molar-refractivity contribution in [2.24, 2.45) is 0 Å². The van der Waals surface area contributed by atoms with Crippen molar-refractivity contribution in [3.8, 4) is 5.75 Å². The van der Waals surface area contributed by atoms with Crippen molar-refractivity contribution in [1.29, 1.82) is 0 Å². The molecule has 1 amide bonds. The number of halogens is 1. The second-order valence-electron chi connectivity index (χ2n) is 4.53. The summed E-state index contributed by atoms with van der Waals surface area (Å²) < 4.78 is 18.3. The first-order valence-corrected chi connectivity index (χ1v) is 7.18. The number of anilines is 1. The van der Waals surface area contributed by atoms with Crippen LogP contribution in [-0.2, 0) is 4.79 Å². The van der Waals surface area contributed by atoms with E-state index in [9.17, 15) is 9.18 Å². The Morgan fingerprint density at radius 2 is 2.00 bits per heavy atom. The molecule has 0 fully saturated rings. The quantitative estimate of drug-likeness (QED) is 0.667. The molecule has 0 atom stereocenters. The summed E-state index contributed by atoms with van der Waals surface area (Å²) >= 11 is 5.01. The summed E-state index contributed by atoms with van der Waals surface area (Å²) in [7, 11) is 1.56. The Morgan fingerprint density at radius 3 is 2.74 bits per heavy atom. The molecule has 2 rings (SSSR count). The predicted molar refractivity (Wildman–Crippen MR) is 92.8 cm³/mol. The van der Waals surface area contributed by atoms with Gasteiger partial charge in [-0.05, 0) is 42.6 Å². The molecule has 6 heteroatoms. The number of ether oxygens (including phenoxy) is 1. The molecule has 2 N–H and O–H groups in total. The molecule has 0 aromatic heterocycles. The van der Waals surface area contributed by atoms with Gasteiger partial charge in [0, 0.05) is 17.3 Å². The molecule has 4 nitrogen and oxygen atoms in total. The van der Waals surface area contributed by atoms with Gasteiger partial charge in [0.25, 0.3) is 0 Å². The summed E-state index contributed by atoms with van der Waals surface area (Å²) in [6, 6.07) is 13.1. The Kier molecular flexibility index (Phi) is 5.82. The Balaban J connectivity index is 1.94. The molecule has 0 bridgehead atoms. The maximum atomic E-state index is 13.1. The van der Waals surface area contributed by atoms with Crippen LogP contribution >= 0.6 is 12.2 Å². The van der Waals surface area contributed by atoms with Gasteiger partial charge < -0.3 is 10.1 Å². The average molecular weight is 330 g/mol. The van der Waals surface area contributed by atoms with Gasteiger partial charge in [-0.1, -0.05) is 24.3 Å². The fourth-order valence-electron chi connectivity index (χ4n) is 1.85. The molecular weight excluding hydrogens is 315 g/mol. The van der Waals surface area contributed by atoms with Crippen LogP contribution in [0.5, 0.6) is 5.75 Å². The zero-order chi connectivity index (χ0) is 16.7. The average Bonchev–Trinajstić information content (AvgIpc) is 2.53. The molecule has 0 unspecified atom stereocenters. The fraction of sp³-hybridized carbons (Fsp3) is 0.0588. The lowest BCUT2D eigenvalue weighted by atomic mass is 10.2. The number of nitrogens with one attached hydrogen (secondary N) is 2. The van der Waals surface area contributed by atoms with Crippen LogP contribution in [-0.4, -0.2) is 18.1 Å². The van der Waals surface area contributed by atoms with E-state index in [0.717, 1.165) is 5.56 Å². The normalized spacial score (nSPS) is 10.3. The number of para-hydroxylation sites is 1. The van der Waals surface area contributed by atoms with E-state index in [2.05, 4.69) is 10.6 Å². The third-order valence-corrected chi connectivity index (χ3v) is 3.08. The van der Waals surface area contributed by atoms with Crippen molar-refractivity contribution in [3.63, 3.8) is 0 Å². The minimum atomic E-state index is -0.398. The number of carbonyl (C=O) groups excluding carboxylic acids is 1. The Hall–Kier alpha value is -2.73. The summed E-state index contributed by atoms with van der Waals surface area (Å²) in [5.41, 5.74) is 1.23. The van der Waals surface area contributed by atoms with Crippen LogP contribution in [0.1, 0.15) is 5.56 Å². The monoisotopic (exact) mass is 330 g/mol. The van der Waals surface area contributed by atoms with E-state index < -0.39 is 5.91 Å². The van der Waals surface area contributed by atoms with E-state index in [1.54, 1.807) is 31.4 Å². The Labute approximate surface area is 139 Å². The lowest BCUT2D eigenvalue weighted by molar-refractivity contribution is -0.115. The third kappa shape index (κ3) is 5.19. The standard InChI is InChI=1S/C17H15FN2O2S/c1-22-15-8-3-2-5-12(15)9-10-16(21)20-17(23)19-14-7-4-6-13(18)11-14/h2-11H,1H3,(H2,19,20,21,23)/b10-9+. The first-order valence-electron chi connectivity index (χ1n) is 6.77. The lowest BCUT2D eigenvalue weighted by Crippen LogP contribution is -2.32. The van der Waals surface area contributed by atoms with Gasteiger partial charge in [-0.25, -0.2) is 4.39 Å². The van der Waals surface area contributed by atoms with Crippen LogP contribution in [0, 0.1) is 5.82 Å². The molecule has 23 heavy (non-hydrogen) atoms. The fourth-order valence-corrected chi connectivity index (χ4v) is 2.07. The van der Waals surface area contributed by atoms with Crippen molar-refractivity contribution >= 4 is 35.0 Å². The predicted octanol–water partition coefficient (Wildman–Crippen LogP) is 3.36. The second kappa shape index (κ2) is 8.05. The highest BCUT2D eigenvalue weighted by atomic mass is 32.1. The molecule has 118 valence electrons. The van der Waals surface area contributed by atoms with Crippen LogP contribution in [0.4, 0.5) is 10.1 Å². The minimum Gasteiger partial charge on any atom is -0.496 e. The van der Waals surface area contributed by atoms with Crippen molar-refractivity contribution in [3.05, 3.63) is 66.0 Å². The summed E-state index contributed by atoms with van der Waals surface area (Å²) in [5.74, 6) is -0.123. The highest BCUT2D eigenvalue weighted by Gasteiger charge is 2.03. The van der Waals surface area contributed by atoms with E-state index >= 15 is 0 Å². The molecule has 0 saturated heterocycles. The number of amides is 1. The number of hydrogen-bond donors (Lipinski definition) is 2. The maximum Gasteiger partial charge on any atom is 0.250 e. The first kappa shape index (κ1) is 16.6. The van der Waals surface area contributed by atoms with Gasteiger partial charge in [-0.3, -0.25) is 10.1 Å². The van der Waals surface area contributed by atoms with Crippen LogP contribution < -0.4 is 15.4 Å². The van der Waals surface area contributed by atoms with Crippen LogP contribution in [0.3, 0.4) is 0 Å². The Bertz CT molecular complexity index is 747. The van der Waals surface area contributed by atoms with Crippen LogP contribution in [0.25, 0.3) is 6.08 Å². The third-order valence-electron chi connectivity index (χ3n) is 2.87. The Morgan fingerprint density at radius 1 is 1.22 bits per heavy atom. The molecule has 0 heterocycles. The second-order valence-corrected chi connectivity index (χ2v) is 4.94. The molecule has 0 aliphatic rings. The largest absolute Gasteiger partial charge is 0.496 e. The zero-order valence-electron chi connectivity index (χ0n) is 12.4.